The van der Waals surface area contributed by atoms with Crippen LogP contribution in [0.1, 0.15) is 63.4 Å². The van der Waals surface area contributed by atoms with Gasteiger partial charge in [0.1, 0.15) is 0 Å². The average Bonchev–Trinajstić information content (AvgIpc) is 2.89. The first-order valence-electron chi connectivity index (χ1n) is 8.96. The Kier molecular flexibility index (Phi) is 7.04. The van der Waals surface area contributed by atoms with Crippen LogP contribution in [0.15, 0.2) is 36.4 Å². The van der Waals surface area contributed by atoms with Crippen molar-refractivity contribution in [3.63, 3.8) is 0 Å². The number of unbranched alkanes of at least 4 members (excludes halogenated alkanes) is 4. The van der Waals surface area contributed by atoms with Crippen LogP contribution in [0.2, 0.25) is 0 Å². The van der Waals surface area contributed by atoms with Crippen LogP contribution in [0, 0.1) is 5.92 Å². The van der Waals surface area contributed by atoms with Crippen molar-refractivity contribution in [2.45, 2.75) is 57.8 Å². The highest BCUT2D eigenvalue weighted by Crippen LogP contribution is 2.34. The van der Waals surface area contributed by atoms with E-state index in [1.165, 1.54) is 25.7 Å². The highest BCUT2D eigenvalue weighted by atomic mass is 16.2. The van der Waals surface area contributed by atoms with Gasteiger partial charge in [-0.15, -0.1) is 0 Å². The number of hydrogen-bond donors (Lipinski definition) is 2. The summed E-state index contributed by atoms with van der Waals surface area (Å²) < 4.78 is 0. The van der Waals surface area contributed by atoms with E-state index < -0.39 is 0 Å². The largest absolute Gasteiger partial charge is 0.399 e. The number of benzene rings is 1. The minimum Gasteiger partial charge on any atom is -0.399 e. The number of allylic oxidation sites excluding steroid dienone is 2. The van der Waals surface area contributed by atoms with Crippen molar-refractivity contribution in [2.24, 2.45) is 5.92 Å². The third-order valence-corrected chi connectivity index (χ3v) is 4.64. The predicted molar refractivity (Wildman–Crippen MR) is 97.4 cm³/mol. The van der Waals surface area contributed by atoms with E-state index in [1.54, 1.807) is 0 Å². The molecular weight excluding hydrogens is 300 g/mol. The van der Waals surface area contributed by atoms with Gasteiger partial charge < -0.3 is 5.73 Å². The van der Waals surface area contributed by atoms with E-state index in [4.69, 9.17) is 5.73 Å². The smallest absolute Gasteiger partial charge is 0.230 e. The summed E-state index contributed by atoms with van der Waals surface area (Å²) in [6.45, 7) is 2.21. The van der Waals surface area contributed by atoms with Gasteiger partial charge in [-0.25, -0.2) is 0 Å². The quantitative estimate of drug-likeness (QED) is 0.312. The van der Waals surface area contributed by atoms with Crippen molar-refractivity contribution in [2.75, 3.05) is 5.73 Å². The van der Waals surface area contributed by atoms with Crippen LogP contribution in [0.25, 0.3) is 0 Å². The monoisotopic (exact) mass is 328 g/mol. The van der Waals surface area contributed by atoms with E-state index in [1.807, 2.05) is 24.3 Å². The van der Waals surface area contributed by atoms with E-state index in [9.17, 15) is 9.59 Å². The molecular formula is C20H28N2O2. The highest BCUT2D eigenvalue weighted by Gasteiger charge is 2.36. The summed E-state index contributed by atoms with van der Waals surface area (Å²) in [5.74, 6) is -0.595. The van der Waals surface area contributed by atoms with Crippen molar-refractivity contribution in [3.05, 3.63) is 42.0 Å². The Morgan fingerprint density at radius 1 is 1.17 bits per heavy atom. The lowest BCUT2D eigenvalue weighted by molar-refractivity contribution is -0.126. The minimum absolute atomic E-state index is 0.0175. The number of carbonyl (C=O) groups excluding carboxylic acids is 2. The van der Waals surface area contributed by atoms with Crippen molar-refractivity contribution in [3.8, 4) is 0 Å². The van der Waals surface area contributed by atoms with Crippen molar-refractivity contribution < 1.29 is 9.59 Å². The molecule has 1 aromatic carbocycles. The third-order valence-electron chi connectivity index (χ3n) is 4.64. The molecule has 0 bridgehead atoms. The Morgan fingerprint density at radius 3 is 2.54 bits per heavy atom. The number of nitrogens with two attached hydrogens (primary N) is 1. The molecule has 4 nitrogen and oxygen atoms in total. The fourth-order valence-electron chi connectivity index (χ4n) is 3.22. The molecule has 1 aromatic rings. The molecule has 0 saturated carbocycles. The number of hydrogen-bond acceptors (Lipinski definition) is 3. The molecule has 0 aliphatic carbocycles. The van der Waals surface area contributed by atoms with E-state index in [-0.39, 0.29) is 30.1 Å². The van der Waals surface area contributed by atoms with Gasteiger partial charge >= 0.3 is 0 Å². The molecule has 0 aromatic heterocycles. The lowest BCUT2D eigenvalue weighted by Gasteiger charge is -2.20. The summed E-state index contributed by atoms with van der Waals surface area (Å²) in [7, 11) is 0. The van der Waals surface area contributed by atoms with Gasteiger partial charge in [0, 0.05) is 12.1 Å². The summed E-state index contributed by atoms with van der Waals surface area (Å²) in [4.78, 5) is 23.7. The van der Waals surface area contributed by atoms with E-state index in [2.05, 4.69) is 24.4 Å². The zero-order valence-corrected chi connectivity index (χ0v) is 14.5. The minimum atomic E-state index is -0.286. The molecule has 0 spiro atoms. The molecule has 1 aliphatic heterocycles. The van der Waals surface area contributed by atoms with Crippen LogP contribution in [-0.2, 0) is 9.59 Å². The summed E-state index contributed by atoms with van der Waals surface area (Å²) in [6, 6.07) is 7.63. The van der Waals surface area contributed by atoms with Crippen molar-refractivity contribution in [1.29, 1.82) is 0 Å². The molecule has 24 heavy (non-hydrogen) atoms. The van der Waals surface area contributed by atoms with Gasteiger partial charge in [0.15, 0.2) is 0 Å². The average molecular weight is 328 g/mol. The second-order valence-electron chi connectivity index (χ2n) is 6.55. The summed E-state index contributed by atoms with van der Waals surface area (Å²) in [5, 5.41) is 2.43. The molecule has 4 heteroatoms. The molecule has 2 amide bonds. The van der Waals surface area contributed by atoms with Gasteiger partial charge in [0.2, 0.25) is 11.8 Å². The second kappa shape index (κ2) is 9.26. The maximum absolute atomic E-state index is 12.1. The summed E-state index contributed by atoms with van der Waals surface area (Å²) in [6.07, 6.45) is 11.5. The number of nitrogens with one attached hydrogen (secondary N) is 1. The third kappa shape index (κ3) is 5.22. The molecule has 1 saturated heterocycles. The maximum atomic E-state index is 12.1. The van der Waals surface area contributed by atoms with Gasteiger partial charge in [-0.2, -0.15) is 0 Å². The fraction of sp³-hybridized carbons (Fsp3) is 0.500. The van der Waals surface area contributed by atoms with E-state index in [0.29, 0.717) is 5.69 Å². The number of imide groups is 1. The summed E-state index contributed by atoms with van der Waals surface area (Å²) in [5.41, 5.74) is 7.53. The van der Waals surface area contributed by atoms with Gasteiger partial charge in [0.25, 0.3) is 0 Å². The lowest BCUT2D eigenvalue weighted by atomic mass is 9.82. The van der Waals surface area contributed by atoms with E-state index >= 15 is 0 Å². The van der Waals surface area contributed by atoms with Crippen LogP contribution in [0.5, 0.6) is 0 Å². The first-order chi connectivity index (χ1) is 11.6. The molecule has 1 aliphatic rings. The number of carbonyl (C=O) groups is 2. The number of rotatable bonds is 9. The van der Waals surface area contributed by atoms with Gasteiger partial charge in [-0.05, 0) is 42.9 Å². The van der Waals surface area contributed by atoms with Crippen LogP contribution in [0.4, 0.5) is 5.69 Å². The van der Waals surface area contributed by atoms with Crippen LogP contribution < -0.4 is 11.1 Å². The molecule has 1 heterocycles. The second-order valence-corrected chi connectivity index (χ2v) is 6.55. The molecule has 3 N–H and O–H groups in total. The maximum Gasteiger partial charge on any atom is 0.230 e. The van der Waals surface area contributed by atoms with Crippen LogP contribution >= 0.6 is 0 Å². The Labute approximate surface area is 144 Å². The van der Waals surface area contributed by atoms with Crippen molar-refractivity contribution in [1.82, 2.24) is 5.32 Å². The van der Waals surface area contributed by atoms with Crippen LogP contribution in [-0.4, -0.2) is 11.8 Å². The highest BCUT2D eigenvalue weighted by molar-refractivity contribution is 6.03. The molecule has 1 fully saturated rings. The van der Waals surface area contributed by atoms with Gasteiger partial charge in [-0.1, -0.05) is 50.5 Å². The molecule has 130 valence electrons. The fourth-order valence-corrected chi connectivity index (χ4v) is 3.22. The van der Waals surface area contributed by atoms with Crippen LogP contribution in [0.3, 0.4) is 0 Å². The summed E-state index contributed by atoms with van der Waals surface area (Å²) >= 11 is 0. The Morgan fingerprint density at radius 2 is 1.92 bits per heavy atom. The zero-order chi connectivity index (χ0) is 17.4. The molecule has 2 rings (SSSR count). The van der Waals surface area contributed by atoms with E-state index in [0.717, 1.165) is 18.4 Å². The predicted octanol–water partition coefficient (Wildman–Crippen LogP) is 3.93. The lowest BCUT2D eigenvalue weighted by Crippen LogP contribution is -2.25. The SMILES string of the molecule is CCCCCC/C=C/CC(c1ccc(N)cc1)C1CC(=O)NC1=O. The molecule has 0 radical (unpaired) electrons. The Hall–Kier alpha value is -2.10. The Balaban J connectivity index is 2.00. The standard InChI is InChI=1S/C20H28N2O2/c1-2-3-4-5-6-7-8-9-17(15-10-12-16(21)13-11-15)18-14-19(23)22-20(18)24/h7-8,10-13,17-18H,2-6,9,14,21H2,1H3,(H,22,23,24)/b8-7+. The topological polar surface area (TPSA) is 72.2 Å². The van der Waals surface area contributed by atoms with Gasteiger partial charge in [-0.3, -0.25) is 14.9 Å². The molecule has 2 atom stereocenters. The molecule has 2 unspecified atom stereocenters. The number of amides is 2. The first kappa shape index (κ1) is 18.2. The number of anilines is 1. The normalized spacial score (nSPS) is 19.0. The van der Waals surface area contributed by atoms with Gasteiger partial charge in [0.05, 0.1) is 5.92 Å². The van der Waals surface area contributed by atoms with Crippen molar-refractivity contribution >= 4 is 17.5 Å². The Bertz CT molecular complexity index is 578. The number of nitrogen functional groups attached to an aromatic ring is 1. The first-order valence-corrected chi connectivity index (χ1v) is 8.96. The zero-order valence-electron chi connectivity index (χ0n) is 14.5.